The molecule has 1 fully saturated rings. The minimum Gasteiger partial charge on any atom is -0.490 e. The van der Waals surface area contributed by atoms with E-state index in [1.165, 1.54) is 18.2 Å². The van der Waals surface area contributed by atoms with Crippen LogP contribution in [0.2, 0.25) is 0 Å². The Hall–Kier alpha value is -2.33. The van der Waals surface area contributed by atoms with Crippen LogP contribution < -0.4 is 19.5 Å². The molecule has 1 aliphatic carbocycles. The van der Waals surface area contributed by atoms with Crippen molar-refractivity contribution in [3.8, 4) is 11.5 Å². The zero-order valence-electron chi connectivity index (χ0n) is 17.9. The lowest BCUT2D eigenvalue weighted by molar-refractivity contribution is -0.147. The van der Waals surface area contributed by atoms with Gasteiger partial charge in [0.25, 0.3) is 5.91 Å². The Labute approximate surface area is 182 Å². The molecule has 1 amide bonds. The van der Waals surface area contributed by atoms with Crippen molar-refractivity contribution in [1.29, 1.82) is 0 Å². The Balaban J connectivity index is 1.46. The molecular formula is C21H30N2O7S. The van der Waals surface area contributed by atoms with Crippen LogP contribution >= 0.6 is 0 Å². The number of ether oxygens (including phenoxy) is 3. The largest absolute Gasteiger partial charge is 0.490 e. The minimum absolute atomic E-state index is 0.0531. The smallest absolute Gasteiger partial charge is 0.321 e. The van der Waals surface area contributed by atoms with Gasteiger partial charge in [-0.05, 0) is 30.4 Å². The summed E-state index contributed by atoms with van der Waals surface area (Å²) in [5, 5.41) is 2.91. The van der Waals surface area contributed by atoms with Gasteiger partial charge in [-0.15, -0.1) is 0 Å². The van der Waals surface area contributed by atoms with Crippen LogP contribution in [0.4, 0.5) is 0 Å². The Bertz CT molecular complexity index is 903. The molecule has 2 aliphatic rings. The van der Waals surface area contributed by atoms with Gasteiger partial charge in [-0.1, -0.05) is 26.7 Å². The van der Waals surface area contributed by atoms with E-state index in [9.17, 15) is 18.0 Å². The summed E-state index contributed by atoms with van der Waals surface area (Å²) in [5.74, 6) is 0.481. The normalized spacial score (nSPS) is 23.5. The number of fused-ring (bicyclic) bond motifs is 1. The number of hydrogen-bond acceptors (Lipinski definition) is 7. The fraction of sp³-hybridized carbons (Fsp3) is 0.619. The van der Waals surface area contributed by atoms with Gasteiger partial charge in [0.05, 0.1) is 18.1 Å². The molecule has 9 nitrogen and oxygen atoms in total. The molecule has 1 heterocycles. The van der Waals surface area contributed by atoms with Gasteiger partial charge in [0.1, 0.15) is 6.54 Å². The average Bonchev–Trinajstić information content (AvgIpc) is 2.99. The molecule has 1 aromatic carbocycles. The van der Waals surface area contributed by atoms with E-state index < -0.39 is 29.1 Å². The number of carbonyl (C=O) groups excluding carboxylic acids is 2. The molecule has 0 spiro atoms. The van der Waals surface area contributed by atoms with E-state index in [0.29, 0.717) is 43.0 Å². The summed E-state index contributed by atoms with van der Waals surface area (Å²) in [7, 11) is -3.96. The maximum atomic E-state index is 12.5. The number of amides is 1. The average molecular weight is 455 g/mol. The summed E-state index contributed by atoms with van der Waals surface area (Å²) >= 11 is 0. The van der Waals surface area contributed by atoms with Crippen LogP contribution in [0.15, 0.2) is 23.1 Å². The lowest BCUT2D eigenvalue weighted by Gasteiger charge is -2.34. The van der Waals surface area contributed by atoms with Gasteiger partial charge in [0.15, 0.2) is 18.1 Å². The third-order valence-electron chi connectivity index (χ3n) is 5.85. The Morgan fingerprint density at radius 2 is 1.84 bits per heavy atom. The predicted molar refractivity (Wildman–Crippen MR) is 112 cm³/mol. The highest BCUT2D eigenvalue weighted by atomic mass is 32.2. The molecule has 31 heavy (non-hydrogen) atoms. The number of carbonyl (C=O) groups is 2. The summed E-state index contributed by atoms with van der Waals surface area (Å²) in [4.78, 5) is 24.0. The highest BCUT2D eigenvalue weighted by Crippen LogP contribution is 2.32. The van der Waals surface area contributed by atoms with Gasteiger partial charge in [-0.2, -0.15) is 4.72 Å². The van der Waals surface area contributed by atoms with E-state index in [0.717, 1.165) is 19.3 Å². The number of benzene rings is 1. The van der Waals surface area contributed by atoms with E-state index in [-0.39, 0.29) is 16.8 Å². The fourth-order valence-corrected chi connectivity index (χ4v) is 4.76. The molecule has 172 valence electrons. The monoisotopic (exact) mass is 454 g/mol. The summed E-state index contributed by atoms with van der Waals surface area (Å²) in [6.45, 7) is 4.17. The maximum Gasteiger partial charge on any atom is 0.321 e. The Morgan fingerprint density at radius 3 is 2.61 bits per heavy atom. The first-order valence-corrected chi connectivity index (χ1v) is 12.1. The summed E-state index contributed by atoms with van der Waals surface area (Å²) < 4.78 is 43.1. The first kappa shape index (κ1) is 23.3. The van der Waals surface area contributed by atoms with Gasteiger partial charge in [-0.25, -0.2) is 8.42 Å². The molecule has 1 aliphatic heterocycles. The molecule has 0 radical (unpaired) electrons. The third-order valence-corrected chi connectivity index (χ3v) is 7.25. The number of esters is 1. The Morgan fingerprint density at radius 1 is 1.10 bits per heavy atom. The van der Waals surface area contributed by atoms with Gasteiger partial charge < -0.3 is 19.5 Å². The van der Waals surface area contributed by atoms with Crippen molar-refractivity contribution in [1.82, 2.24) is 10.0 Å². The topological polar surface area (TPSA) is 120 Å². The van der Waals surface area contributed by atoms with E-state index >= 15 is 0 Å². The summed E-state index contributed by atoms with van der Waals surface area (Å²) in [5.41, 5.74) is 0. The van der Waals surface area contributed by atoms with Gasteiger partial charge >= 0.3 is 5.97 Å². The van der Waals surface area contributed by atoms with Crippen LogP contribution in [0.5, 0.6) is 11.5 Å². The molecule has 10 heteroatoms. The second-order valence-electron chi connectivity index (χ2n) is 8.09. The van der Waals surface area contributed by atoms with E-state index in [2.05, 4.69) is 23.9 Å². The standard InChI is InChI=1S/C21H30N2O7S/c1-14-5-3-6-17(15(14)2)23-20(24)13-30-21(25)12-22-31(26,27)16-7-8-18-19(11-16)29-10-4-9-28-18/h7-8,11,14-15,17,22H,3-6,9-10,12-13H2,1-2H3,(H,23,24). The molecule has 3 atom stereocenters. The lowest BCUT2D eigenvalue weighted by Crippen LogP contribution is -2.45. The first-order chi connectivity index (χ1) is 14.8. The fourth-order valence-electron chi connectivity index (χ4n) is 3.78. The van der Waals surface area contributed by atoms with E-state index in [1.807, 2.05) is 0 Å². The Kier molecular flexibility index (Phi) is 7.77. The molecule has 0 saturated heterocycles. The second kappa shape index (κ2) is 10.3. The van der Waals surface area contributed by atoms with Crippen LogP contribution in [-0.4, -0.2) is 52.7 Å². The van der Waals surface area contributed by atoms with Crippen molar-refractivity contribution < 1.29 is 32.2 Å². The predicted octanol–water partition coefficient (Wildman–Crippen LogP) is 1.61. The molecule has 0 bridgehead atoms. The zero-order chi connectivity index (χ0) is 22.4. The highest BCUT2D eigenvalue weighted by molar-refractivity contribution is 7.89. The van der Waals surface area contributed by atoms with Crippen molar-refractivity contribution >= 4 is 21.9 Å². The van der Waals surface area contributed by atoms with Crippen LogP contribution in [0.1, 0.15) is 39.5 Å². The highest BCUT2D eigenvalue weighted by Gasteiger charge is 2.28. The number of hydrogen-bond donors (Lipinski definition) is 2. The minimum atomic E-state index is -3.96. The van der Waals surface area contributed by atoms with Crippen molar-refractivity contribution in [2.24, 2.45) is 11.8 Å². The van der Waals surface area contributed by atoms with Crippen molar-refractivity contribution in [2.45, 2.75) is 50.5 Å². The molecule has 1 saturated carbocycles. The molecule has 1 aromatic rings. The molecule has 3 rings (SSSR count). The second-order valence-corrected chi connectivity index (χ2v) is 9.85. The molecule has 3 unspecified atom stereocenters. The van der Waals surface area contributed by atoms with Crippen LogP contribution in [0, 0.1) is 11.8 Å². The van der Waals surface area contributed by atoms with Crippen LogP contribution in [-0.2, 0) is 24.3 Å². The number of nitrogens with one attached hydrogen (secondary N) is 2. The van der Waals surface area contributed by atoms with Gasteiger partial charge in [0.2, 0.25) is 10.0 Å². The maximum absolute atomic E-state index is 12.5. The number of rotatable bonds is 7. The lowest BCUT2D eigenvalue weighted by atomic mass is 9.78. The van der Waals surface area contributed by atoms with E-state index in [1.54, 1.807) is 0 Å². The molecule has 0 aromatic heterocycles. The van der Waals surface area contributed by atoms with Crippen molar-refractivity contribution in [3.05, 3.63) is 18.2 Å². The van der Waals surface area contributed by atoms with Gasteiger partial charge in [0, 0.05) is 18.5 Å². The molecule has 2 N–H and O–H groups in total. The molecular weight excluding hydrogens is 424 g/mol. The quantitative estimate of drug-likeness (QED) is 0.601. The third kappa shape index (κ3) is 6.33. The summed E-state index contributed by atoms with van der Waals surface area (Å²) in [6, 6.07) is 4.31. The van der Waals surface area contributed by atoms with Crippen LogP contribution in [0.3, 0.4) is 0 Å². The first-order valence-electron chi connectivity index (χ1n) is 10.6. The van der Waals surface area contributed by atoms with Crippen molar-refractivity contribution in [3.63, 3.8) is 0 Å². The van der Waals surface area contributed by atoms with Crippen LogP contribution in [0.25, 0.3) is 0 Å². The number of sulfonamides is 1. The van der Waals surface area contributed by atoms with Crippen molar-refractivity contribution in [2.75, 3.05) is 26.4 Å². The zero-order valence-corrected chi connectivity index (χ0v) is 18.7. The SMILES string of the molecule is CC1CCCC(NC(=O)COC(=O)CNS(=O)(=O)c2ccc3c(c2)OCCCO3)C1C. The van der Waals surface area contributed by atoms with Gasteiger partial charge in [-0.3, -0.25) is 9.59 Å². The summed E-state index contributed by atoms with van der Waals surface area (Å²) in [6.07, 6.45) is 3.80. The van der Waals surface area contributed by atoms with E-state index in [4.69, 9.17) is 14.2 Å².